The summed E-state index contributed by atoms with van der Waals surface area (Å²) < 4.78 is 5.36. The summed E-state index contributed by atoms with van der Waals surface area (Å²) in [5, 5.41) is 4.03. The topological polar surface area (TPSA) is 77.8 Å². The second kappa shape index (κ2) is 5.71. The molecule has 1 fully saturated rings. The van der Waals surface area contributed by atoms with Crippen LogP contribution in [0.2, 0.25) is 0 Å². The highest BCUT2D eigenvalue weighted by Gasteiger charge is 2.26. The molecule has 20 heavy (non-hydrogen) atoms. The molecule has 5 nitrogen and oxygen atoms in total. The van der Waals surface area contributed by atoms with Crippen LogP contribution in [0.15, 0.2) is 22.9 Å². The second-order valence-corrected chi connectivity index (χ2v) is 5.55. The molecule has 2 heterocycles. The average Bonchev–Trinajstić information content (AvgIpc) is 2.97. The maximum atomic E-state index is 6.28. The summed E-state index contributed by atoms with van der Waals surface area (Å²) in [5.41, 5.74) is 8.08. The van der Waals surface area contributed by atoms with Gasteiger partial charge in [-0.05, 0) is 37.3 Å². The van der Waals surface area contributed by atoms with Crippen molar-refractivity contribution in [3.63, 3.8) is 0 Å². The maximum Gasteiger partial charge on any atom is 0.244 e. The van der Waals surface area contributed by atoms with Crippen molar-refractivity contribution in [2.45, 2.75) is 45.1 Å². The molecule has 1 unspecified atom stereocenters. The van der Waals surface area contributed by atoms with E-state index in [1.807, 2.05) is 19.1 Å². The van der Waals surface area contributed by atoms with Gasteiger partial charge in [0.15, 0.2) is 0 Å². The van der Waals surface area contributed by atoms with Gasteiger partial charge in [-0.3, -0.25) is 4.98 Å². The highest BCUT2D eigenvalue weighted by Crippen LogP contribution is 2.32. The fraction of sp³-hybridized carbons (Fsp3) is 0.533. The van der Waals surface area contributed by atoms with Crippen molar-refractivity contribution in [2.24, 2.45) is 11.7 Å². The van der Waals surface area contributed by atoms with E-state index in [4.69, 9.17) is 10.3 Å². The van der Waals surface area contributed by atoms with Crippen LogP contribution in [0.3, 0.4) is 0 Å². The molecule has 2 N–H and O–H groups in total. The molecule has 0 saturated heterocycles. The Morgan fingerprint density at radius 2 is 2.10 bits per heavy atom. The summed E-state index contributed by atoms with van der Waals surface area (Å²) in [7, 11) is 0. The van der Waals surface area contributed by atoms with Crippen molar-refractivity contribution in [3.05, 3.63) is 29.8 Å². The molecule has 2 aromatic heterocycles. The largest absolute Gasteiger partial charge is 0.337 e. The van der Waals surface area contributed by atoms with E-state index >= 15 is 0 Å². The highest BCUT2D eigenvalue weighted by molar-refractivity contribution is 5.53. The predicted octanol–water partition coefficient (Wildman–Crippen LogP) is 3.02. The Balaban J connectivity index is 1.81. The average molecular weight is 272 g/mol. The molecule has 3 rings (SSSR count). The zero-order chi connectivity index (χ0) is 13.9. The number of hydrogen-bond donors (Lipinski definition) is 1. The summed E-state index contributed by atoms with van der Waals surface area (Å²) in [4.78, 5) is 8.76. The van der Waals surface area contributed by atoms with Gasteiger partial charge in [0.05, 0.1) is 6.04 Å². The van der Waals surface area contributed by atoms with Crippen molar-refractivity contribution < 1.29 is 4.52 Å². The summed E-state index contributed by atoms with van der Waals surface area (Å²) in [6.45, 7) is 1.99. The van der Waals surface area contributed by atoms with Gasteiger partial charge in [-0.1, -0.05) is 30.5 Å². The lowest BCUT2D eigenvalue weighted by atomic mass is 9.84. The third-order valence-corrected chi connectivity index (χ3v) is 4.11. The highest BCUT2D eigenvalue weighted by atomic mass is 16.5. The zero-order valence-corrected chi connectivity index (χ0v) is 11.7. The van der Waals surface area contributed by atoms with Crippen LogP contribution in [-0.4, -0.2) is 15.1 Å². The molecule has 5 heteroatoms. The SMILES string of the molecule is Cc1cccnc1-c1noc(C(N)C2CCCCC2)n1. The molecular formula is C15H20N4O. The van der Waals surface area contributed by atoms with Gasteiger partial charge < -0.3 is 10.3 Å². The number of aromatic nitrogens is 3. The summed E-state index contributed by atoms with van der Waals surface area (Å²) in [6, 6.07) is 3.73. The number of pyridine rings is 1. The van der Waals surface area contributed by atoms with Gasteiger partial charge in [-0.2, -0.15) is 4.98 Å². The fourth-order valence-electron chi connectivity index (χ4n) is 2.88. The van der Waals surface area contributed by atoms with Gasteiger partial charge >= 0.3 is 0 Å². The third-order valence-electron chi connectivity index (χ3n) is 4.11. The summed E-state index contributed by atoms with van der Waals surface area (Å²) in [5.74, 6) is 1.53. The molecule has 106 valence electrons. The molecule has 2 aromatic rings. The van der Waals surface area contributed by atoms with Crippen molar-refractivity contribution in [1.29, 1.82) is 0 Å². The molecule has 0 aliphatic heterocycles. The first-order chi connectivity index (χ1) is 9.75. The number of nitrogens with zero attached hydrogens (tertiary/aromatic N) is 3. The molecule has 1 aliphatic rings. The fourth-order valence-corrected chi connectivity index (χ4v) is 2.88. The summed E-state index contributed by atoms with van der Waals surface area (Å²) >= 11 is 0. The first kappa shape index (κ1) is 13.2. The van der Waals surface area contributed by atoms with Crippen LogP contribution < -0.4 is 5.73 Å². The lowest BCUT2D eigenvalue weighted by Gasteiger charge is -2.24. The number of hydrogen-bond acceptors (Lipinski definition) is 5. The minimum atomic E-state index is -0.152. The van der Waals surface area contributed by atoms with E-state index in [0.29, 0.717) is 17.6 Å². The van der Waals surface area contributed by atoms with Gasteiger partial charge in [0, 0.05) is 6.20 Å². The minimum absolute atomic E-state index is 0.152. The van der Waals surface area contributed by atoms with Crippen LogP contribution in [0.5, 0.6) is 0 Å². The van der Waals surface area contributed by atoms with Crippen LogP contribution in [-0.2, 0) is 0 Å². The Kier molecular flexibility index (Phi) is 3.78. The monoisotopic (exact) mass is 272 g/mol. The van der Waals surface area contributed by atoms with Gasteiger partial charge in [-0.25, -0.2) is 0 Å². The molecule has 0 spiro atoms. The van der Waals surface area contributed by atoms with E-state index in [1.165, 1.54) is 19.3 Å². The molecule has 0 aromatic carbocycles. The Morgan fingerprint density at radius 3 is 2.85 bits per heavy atom. The smallest absolute Gasteiger partial charge is 0.244 e. The van der Waals surface area contributed by atoms with E-state index in [-0.39, 0.29) is 6.04 Å². The van der Waals surface area contributed by atoms with Crippen molar-refractivity contribution in [1.82, 2.24) is 15.1 Å². The predicted molar refractivity (Wildman–Crippen MR) is 75.8 cm³/mol. The van der Waals surface area contributed by atoms with Gasteiger partial charge in [0.1, 0.15) is 5.69 Å². The van der Waals surface area contributed by atoms with Crippen molar-refractivity contribution in [3.8, 4) is 11.5 Å². The van der Waals surface area contributed by atoms with Gasteiger partial charge in [0.25, 0.3) is 0 Å². The molecule has 1 atom stereocenters. The van der Waals surface area contributed by atoms with E-state index in [2.05, 4.69) is 15.1 Å². The standard InChI is InChI=1S/C15H20N4O/c1-10-6-5-9-17-13(10)14-18-15(20-19-14)12(16)11-7-3-2-4-8-11/h5-6,9,11-12H,2-4,7-8,16H2,1H3. The third kappa shape index (κ3) is 2.58. The van der Waals surface area contributed by atoms with Crippen LogP contribution in [0.4, 0.5) is 0 Å². The second-order valence-electron chi connectivity index (χ2n) is 5.55. The Morgan fingerprint density at radius 1 is 1.30 bits per heavy atom. The van der Waals surface area contributed by atoms with E-state index in [1.54, 1.807) is 6.20 Å². The number of nitrogens with two attached hydrogens (primary N) is 1. The zero-order valence-electron chi connectivity index (χ0n) is 11.7. The molecule has 1 aliphatic carbocycles. The first-order valence-corrected chi connectivity index (χ1v) is 7.27. The van der Waals surface area contributed by atoms with Crippen LogP contribution in [0.25, 0.3) is 11.5 Å². The Labute approximate surface area is 118 Å². The molecule has 0 radical (unpaired) electrons. The molecule has 1 saturated carbocycles. The normalized spacial score (nSPS) is 18.1. The Hall–Kier alpha value is -1.75. The molecule has 0 amide bonds. The first-order valence-electron chi connectivity index (χ1n) is 7.27. The Bertz CT molecular complexity index is 575. The van der Waals surface area contributed by atoms with Crippen molar-refractivity contribution in [2.75, 3.05) is 0 Å². The minimum Gasteiger partial charge on any atom is -0.337 e. The van der Waals surface area contributed by atoms with Crippen LogP contribution >= 0.6 is 0 Å². The van der Waals surface area contributed by atoms with E-state index < -0.39 is 0 Å². The van der Waals surface area contributed by atoms with E-state index in [9.17, 15) is 0 Å². The number of rotatable bonds is 3. The molecule has 0 bridgehead atoms. The number of aryl methyl sites for hydroxylation is 1. The molecular weight excluding hydrogens is 252 g/mol. The van der Waals surface area contributed by atoms with Gasteiger partial charge in [0.2, 0.25) is 11.7 Å². The van der Waals surface area contributed by atoms with E-state index in [0.717, 1.165) is 24.1 Å². The van der Waals surface area contributed by atoms with Crippen LogP contribution in [0, 0.1) is 12.8 Å². The van der Waals surface area contributed by atoms with Crippen LogP contribution in [0.1, 0.15) is 49.6 Å². The lowest BCUT2D eigenvalue weighted by Crippen LogP contribution is -2.23. The summed E-state index contributed by atoms with van der Waals surface area (Å²) in [6.07, 6.45) is 7.85. The lowest BCUT2D eigenvalue weighted by molar-refractivity contribution is 0.255. The quantitative estimate of drug-likeness (QED) is 0.929. The van der Waals surface area contributed by atoms with Crippen molar-refractivity contribution >= 4 is 0 Å². The maximum absolute atomic E-state index is 6.28. The van der Waals surface area contributed by atoms with Gasteiger partial charge in [-0.15, -0.1) is 0 Å².